The molecular formula is C25H24FNO7. The number of hydrogen-bond acceptors (Lipinski definition) is 7. The summed E-state index contributed by atoms with van der Waals surface area (Å²) in [5.74, 6) is -0.960. The van der Waals surface area contributed by atoms with Crippen LogP contribution in [0, 0.1) is 5.82 Å². The predicted molar refractivity (Wildman–Crippen MR) is 122 cm³/mol. The van der Waals surface area contributed by atoms with Crippen LogP contribution in [0.1, 0.15) is 16.7 Å². The van der Waals surface area contributed by atoms with Gasteiger partial charge in [-0.05, 0) is 47.5 Å². The van der Waals surface area contributed by atoms with Crippen LogP contribution in [0.25, 0.3) is 0 Å². The number of ether oxygens (including phenoxy) is 4. The molecule has 0 saturated heterocycles. The van der Waals surface area contributed by atoms with Crippen molar-refractivity contribution in [1.29, 1.82) is 0 Å². The molecule has 0 aromatic heterocycles. The summed E-state index contributed by atoms with van der Waals surface area (Å²) >= 11 is 0. The third-order valence-corrected chi connectivity index (χ3v) is 4.76. The van der Waals surface area contributed by atoms with E-state index in [4.69, 9.17) is 18.9 Å². The zero-order valence-corrected chi connectivity index (χ0v) is 18.9. The normalized spacial score (nSPS) is 11.0. The van der Waals surface area contributed by atoms with Gasteiger partial charge in [0.05, 0.1) is 14.2 Å². The molecule has 0 bridgehead atoms. The molecule has 3 aromatic carbocycles. The Morgan fingerprint density at radius 1 is 0.853 bits per heavy atom. The number of rotatable bonds is 11. The van der Waals surface area contributed by atoms with Gasteiger partial charge in [-0.2, -0.15) is 0 Å². The molecule has 0 heterocycles. The van der Waals surface area contributed by atoms with Gasteiger partial charge in [-0.3, -0.25) is 0 Å². The van der Waals surface area contributed by atoms with E-state index < -0.39 is 17.5 Å². The highest BCUT2D eigenvalue weighted by Gasteiger charge is 2.21. The van der Waals surface area contributed by atoms with Gasteiger partial charge in [0, 0.05) is 5.56 Å². The molecule has 8 nitrogen and oxygen atoms in total. The fourth-order valence-electron chi connectivity index (χ4n) is 3.02. The summed E-state index contributed by atoms with van der Waals surface area (Å²) in [5, 5.41) is 12.9. The number of carbonyl (C=O) groups is 1. The maximum Gasteiger partial charge on any atom is 0.358 e. The fourth-order valence-corrected chi connectivity index (χ4v) is 3.02. The van der Waals surface area contributed by atoms with Crippen LogP contribution in [0.4, 0.5) is 4.39 Å². The van der Waals surface area contributed by atoms with E-state index in [0.29, 0.717) is 11.5 Å². The quantitative estimate of drug-likeness (QED) is 0.328. The average Bonchev–Trinajstić information content (AvgIpc) is 2.85. The number of benzene rings is 3. The molecule has 0 amide bonds. The second-order valence-corrected chi connectivity index (χ2v) is 6.99. The number of carboxylic acids is 1. The smallest absolute Gasteiger partial charge is 0.358 e. The minimum atomic E-state index is -1.38. The number of carboxylic acid groups (broad SMARTS) is 1. The molecule has 178 valence electrons. The molecule has 9 heteroatoms. The summed E-state index contributed by atoms with van der Waals surface area (Å²) in [6, 6.07) is 16.6. The summed E-state index contributed by atoms with van der Waals surface area (Å²) in [7, 11) is 4.33. The van der Waals surface area contributed by atoms with Crippen LogP contribution in [0.15, 0.2) is 65.8 Å². The lowest BCUT2D eigenvalue weighted by atomic mass is 10.1. The second-order valence-electron chi connectivity index (χ2n) is 6.99. The number of oxime groups is 1. The highest BCUT2D eigenvalue weighted by atomic mass is 19.1. The lowest BCUT2D eigenvalue weighted by Gasteiger charge is -2.16. The average molecular weight is 469 g/mol. The third kappa shape index (κ3) is 6.16. The van der Waals surface area contributed by atoms with E-state index in [1.54, 1.807) is 62.8 Å². The molecule has 0 saturated carbocycles. The number of aliphatic carboxylic acids is 1. The van der Waals surface area contributed by atoms with Crippen molar-refractivity contribution < 1.29 is 38.1 Å². The molecule has 0 atom stereocenters. The van der Waals surface area contributed by atoms with Crippen molar-refractivity contribution >= 4 is 11.7 Å². The van der Waals surface area contributed by atoms with Crippen LogP contribution in [0.2, 0.25) is 0 Å². The summed E-state index contributed by atoms with van der Waals surface area (Å²) < 4.78 is 36.9. The first-order valence-electron chi connectivity index (χ1n) is 10.1. The molecule has 0 fully saturated rings. The second kappa shape index (κ2) is 11.6. The molecule has 0 aliphatic rings. The third-order valence-electron chi connectivity index (χ3n) is 4.76. The van der Waals surface area contributed by atoms with Crippen molar-refractivity contribution in [2.24, 2.45) is 5.16 Å². The molecule has 0 unspecified atom stereocenters. The van der Waals surface area contributed by atoms with Crippen LogP contribution in [0.5, 0.6) is 23.0 Å². The van der Waals surface area contributed by atoms with Gasteiger partial charge in [0.15, 0.2) is 23.0 Å². The largest absolute Gasteiger partial charge is 0.497 e. The van der Waals surface area contributed by atoms with Crippen LogP contribution < -0.4 is 18.9 Å². The Morgan fingerprint density at radius 3 is 1.85 bits per heavy atom. The van der Waals surface area contributed by atoms with Crippen LogP contribution >= 0.6 is 0 Å². The molecule has 3 aromatic rings. The van der Waals surface area contributed by atoms with Gasteiger partial charge in [-0.15, -0.1) is 0 Å². The van der Waals surface area contributed by atoms with E-state index >= 15 is 4.39 Å². The Labute approximate surface area is 196 Å². The van der Waals surface area contributed by atoms with Crippen molar-refractivity contribution in [1.82, 2.24) is 0 Å². The van der Waals surface area contributed by atoms with Gasteiger partial charge >= 0.3 is 5.97 Å². The van der Waals surface area contributed by atoms with Crippen molar-refractivity contribution in [3.05, 3.63) is 83.2 Å². The SMILES string of the molecule is CO/N=C(\C(=O)O)c1cc(F)c(OCc2ccc(OC)cc2)c(OCc2ccc(OC)cc2)c1. The number of halogens is 1. The predicted octanol–water partition coefficient (Wildman–Crippen LogP) is 4.44. The lowest BCUT2D eigenvalue weighted by molar-refractivity contribution is -0.129. The van der Waals surface area contributed by atoms with E-state index in [-0.39, 0.29) is 30.3 Å². The molecule has 3 rings (SSSR count). The highest BCUT2D eigenvalue weighted by molar-refractivity contribution is 6.42. The zero-order chi connectivity index (χ0) is 24.5. The van der Waals surface area contributed by atoms with Crippen molar-refractivity contribution in [2.75, 3.05) is 21.3 Å². The van der Waals surface area contributed by atoms with E-state index in [1.807, 2.05) is 0 Å². The molecule has 34 heavy (non-hydrogen) atoms. The number of methoxy groups -OCH3 is 2. The fraction of sp³-hybridized carbons (Fsp3) is 0.200. The molecule has 0 aliphatic carbocycles. The zero-order valence-electron chi connectivity index (χ0n) is 18.9. The lowest BCUT2D eigenvalue weighted by Crippen LogP contribution is -2.16. The number of hydrogen-bond donors (Lipinski definition) is 1. The van der Waals surface area contributed by atoms with Crippen LogP contribution in [-0.4, -0.2) is 38.1 Å². The summed E-state index contributed by atoms with van der Waals surface area (Å²) in [6.07, 6.45) is 0. The van der Waals surface area contributed by atoms with Crippen molar-refractivity contribution in [3.8, 4) is 23.0 Å². The van der Waals surface area contributed by atoms with Gasteiger partial charge in [-0.25, -0.2) is 9.18 Å². The molecule has 0 spiro atoms. The molecule has 1 N–H and O–H groups in total. The Balaban J connectivity index is 1.90. The summed E-state index contributed by atoms with van der Waals surface area (Å²) in [4.78, 5) is 16.2. The first-order valence-corrected chi connectivity index (χ1v) is 10.1. The first kappa shape index (κ1) is 24.4. The van der Waals surface area contributed by atoms with Crippen molar-refractivity contribution in [3.63, 3.8) is 0 Å². The first-order chi connectivity index (χ1) is 16.4. The number of nitrogens with zero attached hydrogens (tertiary/aromatic N) is 1. The van der Waals surface area contributed by atoms with Gasteiger partial charge < -0.3 is 28.9 Å². The van der Waals surface area contributed by atoms with Gasteiger partial charge in [-0.1, -0.05) is 29.4 Å². The van der Waals surface area contributed by atoms with Crippen molar-refractivity contribution in [2.45, 2.75) is 13.2 Å². The van der Waals surface area contributed by atoms with Gasteiger partial charge in [0.25, 0.3) is 0 Å². The molecule has 0 aliphatic heterocycles. The van der Waals surface area contributed by atoms with Crippen LogP contribution in [0.3, 0.4) is 0 Å². The Kier molecular flexibility index (Phi) is 8.28. The monoisotopic (exact) mass is 469 g/mol. The van der Waals surface area contributed by atoms with E-state index in [2.05, 4.69) is 9.99 Å². The minimum absolute atomic E-state index is 0.0179. The Hall–Kier alpha value is -4.27. The van der Waals surface area contributed by atoms with Gasteiger partial charge in [0.2, 0.25) is 0 Å². The highest BCUT2D eigenvalue weighted by Crippen LogP contribution is 2.34. The summed E-state index contributed by atoms with van der Waals surface area (Å²) in [6.45, 7) is 0.132. The Bertz CT molecular complexity index is 1150. The van der Waals surface area contributed by atoms with Crippen LogP contribution in [-0.2, 0) is 22.8 Å². The molecular weight excluding hydrogens is 445 g/mol. The maximum absolute atomic E-state index is 15.1. The topological polar surface area (TPSA) is 95.8 Å². The van der Waals surface area contributed by atoms with E-state index in [0.717, 1.165) is 17.2 Å². The minimum Gasteiger partial charge on any atom is -0.497 e. The standard InChI is InChI=1S/C25H24FNO7/c1-30-19-8-4-16(5-9-19)14-33-22-13-18(23(25(28)29)27-32-3)12-21(26)24(22)34-15-17-6-10-20(31-2)11-7-17/h4-13H,14-15H2,1-3H3,(H,28,29)/b27-23-. The molecule has 0 radical (unpaired) electrons. The summed E-state index contributed by atoms with van der Waals surface area (Å²) in [5.41, 5.74) is 1.06. The Morgan fingerprint density at radius 2 is 1.38 bits per heavy atom. The van der Waals surface area contributed by atoms with E-state index in [1.165, 1.54) is 13.2 Å². The maximum atomic E-state index is 15.1. The van der Waals surface area contributed by atoms with E-state index in [9.17, 15) is 9.90 Å². The van der Waals surface area contributed by atoms with Gasteiger partial charge in [0.1, 0.15) is 31.8 Å².